The summed E-state index contributed by atoms with van der Waals surface area (Å²) in [6, 6.07) is 0. The summed E-state index contributed by atoms with van der Waals surface area (Å²) in [6.45, 7) is 36.5. The summed E-state index contributed by atoms with van der Waals surface area (Å²) in [4.78, 5) is 120. The van der Waals surface area contributed by atoms with E-state index in [1.165, 1.54) is 0 Å². The Hall–Kier alpha value is -5.34. The first-order chi connectivity index (χ1) is 43.6. The van der Waals surface area contributed by atoms with Crippen LogP contribution >= 0.6 is 0 Å². The molecule has 0 amide bonds. The van der Waals surface area contributed by atoms with Crippen LogP contribution in [0, 0.1) is 103 Å². The molecule has 10 bridgehead atoms. The number of esters is 10. The Labute approximate surface area is 554 Å². The molecule has 0 aromatic carbocycles. The van der Waals surface area contributed by atoms with Gasteiger partial charge in [0.15, 0.2) is 11.7 Å². The molecule has 0 N–H and O–H groups in total. The molecule has 15 rings (SSSR count). The third-order valence-electron chi connectivity index (χ3n) is 26.9. The highest BCUT2D eigenvalue weighted by atomic mass is 16.7. The second-order valence-electron chi connectivity index (χ2n) is 34.6. The van der Waals surface area contributed by atoms with Crippen molar-refractivity contribution in [2.45, 2.75) is 294 Å². The molecule has 7 heterocycles. The van der Waals surface area contributed by atoms with E-state index in [-0.39, 0.29) is 161 Å². The number of carbonyl (C=O) groups excluding carboxylic acids is 10. The van der Waals surface area contributed by atoms with E-state index in [1.807, 2.05) is 125 Å². The molecule has 524 valence electrons. The smallest absolute Gasteiger partial charge is 0.316 e. The Morgan fingerprint density at radius 2 is 0.904 bits per heavy atom. The highest BCUT2D eigenvalue weighted by Crippen LogP contribution is 2.65. The number of ether oxygens (including phenoxy) is 11. The zero-order chi connectivity index (χ0) is 69.1. The molecule has 8 saturated carbocycles. The van der Waals surface area contributed by atoms with Gasteiger partial charge >= 0.3 is 59.7 Å². The van der Waals surface area contributed by atoms with Gasteiger partial charge in [-0.25, -0.2) is 0 Å². The van der Waals surface area contributed by atoms with Crippen molar-refractivity contribution in [2.75, 3.05) is 0 Å². The SMILES string of the molecule is CCC(C)(C)C(=O)OC1C2CC3C(=O)OC1(C)C3C2.CCC(C)(C)C(=O)OC1C2CC3C(=O)OC1(C)C3O2.CCC(C)(C)C(=O)OC1C2CC3OC(=O)C1(C)C3C2.CCC(C)(C)C(=O)OC1C2CC3OC(=O)C1C3C2.CCC(C)(C)C(=O)OC1C2OC(=O)C3CC1(C)CC32. The third-order valence-corrected chi connectivity index (χ3v) is 26.9. The summed E-state index contributed by atoms with van der Waals surface area (Å²) in [7, 11) is 0. The standard InChI is InChI=1S/3C15H22O4.C14H20O5.C14H20O4/c1-5-14(2,3)13(17)19-11-10-8-6-15(11,4)7-9(8)12(16)18-10;1-5-14(2,3)12(16)19-11-8-6-9-10(7-8)18-13(17)15(9,11)4;1-5-14(2,3)13(17)18-11-8-6-9-10(7-8)15(11,4)19-12(9)16;1-5-13(2,3)12(16)18-10-8-6-7-9(17-8)14(10,4)19-11(7)15;1-4-14(2,3)13(16)18-11-7-5-8-9(6-7)17-12(15)10(8)11/h3*8-11H,5-7H2,1-4H3;7-10H,5-6H2,1-4H3;7-11H,4-6H2,1-3H3. The van der Waals surface area contributed by atoms with Gasteiger partial charge in [-0.05, 0) is 180 Å². The van der Waals surface area contributed by atoms with E-state index in [0.717, 1.165) is 77.0 Å². The Bertz CT molecular complexity index is 2980. The molecule has 0 aromatic heterocycles. The molecule has 15 aliphatic rings. The van der Waals surface area contributed by atoms with Gasteiger partial charge in [0.25, 0.3) is 0 Å². The van der Waals surface area contributed by atoms with Crippen LogP contribution in [-0.2, 0) is 100 Å². The van der Waals surface area contributed by atoms with Gasteiger partial charge in [0.2, 0.25) is 0 Å². The van der Waals surface area contributed by atoms with Gasteiger partial charge < -0.3 is 52.1 Å². The first-order valence-electron chi connectivity index (χ1n) is 35.4. The number of hydrogen-bond donors (Lipinski definition) is 0. The number of fused-ring (bicyclic) bond motifs is 5. The molecule has 7 saturated heterocycles. The topological polar surface area (TPSA) is 272 Å². The van der Waals surface area contributed by atoms with Crippen molar-refractivity contribution in [1.29, 1.82) is 0 Å². The predicted molar refractivity (Wildman–Crippen MR) is 333 cm³/mol. The summed E-state index contributed by atoms with van der Waals surface area (Å²) >= 11 is 0. The summed E-state index contributed by atoms with van der Waals surface area (Å²) < 4.78 is 61.6. The fraction of sp³-hybridized carbons (Fsp3) is 0.863. The fourth-order valence-electron chi connectivity index (χ4n) is 18.5. The molecule has 8 aliphatic carbocycles. The van der Waals surface area contributed by atoms with Crippen molar-refractivity contribution < 1.29 is 100 Å². The van der Waals surface area contributed by atoms with Gasteiger partial charge in [-0.2, -0.15) is 0 Å². The number of carbonyl (C=O) groups is 10. The van der Waals surface area contributed by atoms with Crippen LogP contribution in [0.1, 0.15) is 221 Å². The molecule has 15 fully saturated rings. The van der Waals surface area contributed by atoms with Gasteiger partial charge in [-0.15, -0.1) is 0 Å². The van der Waals surface area contributed by atoms with E-state index in [1.54, 1.807) is 0 Å². The molecule has 0 spiro atoms. The van der Waals surface area contributed by atoms with Crippen molar-refractivity contribution in [1.82, 2.24) is 0 Å². The molecule has 0 aromatic rings. The van der Waals surface area contributed by atoms with Crippen molar-refractivity contribution in [3.63, 3.8) is 0 Å². The van der Waals surface area contributed by atoms with Crippen LogP contribution in [0.15, 0.2) is 0 Å². The van der Waals surface area contributed by atoms with Gasteiger partial charge in [-0.1, -0.05) is 41.5 Å². The Morgan fingerprint density at radius 1 is 0.426 bits per heavy atom. The van der Waals surface area contributed by atoms with E-state index in [9.17, 15) is 47.9 Å². The molecule has 21 heteroatoms. The normalized spacial score (nSPS) is 43.0. The van der Waals surface area contributed by atoms with Crippen LogP contribution in [0.3, 0.4) is 0 Å². The van der Waals surface area contributed by atoms with Crippen molar-refractivity contribution in [3.05, 3.63) is 0 Å². The van der Waals surface area contributed by atoms with E-state index >= 15 is 0 Å². The minimum absolute atomic E-state index is 0.0455. The maximum atomic E-state index is 12.3. The van der Waals surface area contributed by atoms with Crippen LogP contribution in [0.25, 0.3) is 0 Å². The molecule has 7 aliphatic heterocycles. The highest BCUT2D eigenvalue weighted by molar-refractivity contribution is 5.84. The molecular weight excluding hydrogens is 1210 g/mol. The molecule has 94 heavy (non-hydrogen) atoms. The zero-order valence-corrected chi connectivity index (χ0v) is 59.1. The summed E-state index contributed by atoms with van der Waals surface area (Å²) in [5.74, 6) is -0.0142. The maximum absolute atomic E-state index is 12.3. The van der Waals surface area contributed by atoms with E-state index in [0.29, 0.717) is 36.5 Å². The van der Waals surface area contributed by atoms with E-state index < -0.39 is 49.8 Å². The number of rotatable bonds is 15. The Kier molecular flexibility index (Phi) is 17.6. The summed E-state index contributed by atoms with van der Waals surface area (Å²) in [5.41, 5.74) is -4.49. The fourth-order valence-corrected chi connectivity index (χ4v) is 18.5. The lowest BCUT2D eigenvalue weighted by molar-refractivity contribution is -0.181. The molecular formula is C73H106O21. The minimum Gasteiger partial charge on any atom is -0.462 e. The monoisotopic (exact) mass is 1320 g/mol. The minimum atomic E-state index is -0.801. The Balaban J connectivity index is 0.000000120. The van der Waals surface area contributed by atoms with E-state index in [2.05, 4.69) is 6.92 Å². The highest BCUT2D eigenvalue weighted by Gasteiger charge is 2.75. The second kappa shape index (κ2) is 23.7. The van der Waals surface area contributed by atoms with Crippen molar-refractivity contribution >= 4 is 59.7 Å². The van der Waals surface area contributed by atoms with Crippen molar-refractivity contribution in [3.8, 4) is 0 Å². The lowest BCUT2D eigenvalue weighted by atomic mass is 9.73. The maximum Gasteiger partial charge on any atom is 0.316 e. The molecule has 0 radical (unpaired) electrons. The number of hydrogen-bond acceptors (Lipinski definition) is 21. The van der Waals surface area contributed by atoms with Crippen LogP contribution in [0.5, 0.6) is 0 Å². The quantitative estimate of drug-likeness (QED) is 0.109. The predicted octanol–water partition coefficient (Wildman–Crippen LogP) is 10.3. The molecule has 21 nitrogen and oxygen atoms in total. The average molecular weight is 1320 g/mol. The van der Waals surface area contributed by atoms with Crippen LogP contribution in [0.2, 0.25) is 0 Å². The van der Waals surface area contributed by atoms with Crippen LogP contribution < -0.4 is 0 Å². The van der Waals surface area contributed by atoms with Gasteiger partial charge in [-0.3, -0.25) is 47.9 Å². The van der Waals surface area contributed by atoms with Gasteiger partial charge in [0.05, 0.1) is 44.8 Å². The Morgan fingerprint density at radius 3 is 1.47 bits per heavy atom. The summed E-state index contributed by atoms with van der Waals surface area (Å²) in [6.07, 6.45) is 9.45. The lowest BCUT2D eigenvalue weighted by Gasteiger charge is -2.36. The zero-order valence-electron chi connectivity index (χ0n) is 59.1. The second-order valence-corrected chi connectivity index (χ2v) is 34.6. The van der Waals surface area contributed by atoms with Crippen LogP contribution in [-0.4, -0.2) is 132 Å². The lowest BCUT2D eigenvalue weighted by Crippen LogP contribution is -2.51. The van der Waals surface area contributed by atoms with Crippen LogP contribution in [0.4, 0.5) is 0 Å². The largest absolute Gasteiger partial charge is 0.462 e. The third kappa shape index (κ3) is 11.1. The summed E-state index contributed by atoms with van der Waals surface area (Å²) in [5, 5.41) is 0. The first kappa shape index (κ1) is 70.0. The van der Waals surface area contributed by atoms with Gasteiger partial charge in [0.1, 0.15) is 71.9 Å². The molecule has 25 unspecified atom stereocenters. The van der Waals surface area contributed by atoms with E-state index in [4.69, 9.17) is 52.1 Å². The van der Waals surface area contributed by atoms with Crippen molar-refractivity contribution in [2.24, 2.45) is 103 Å². The van der Waals surface area contributed by atoms with Gasteiger partial charge in [0, 0.05) is 46.8 Å². The molecule has 25 atom stereocenters. The first-order valence-corrected chi connectivity index (χ1v) is 35.4. The average Bonchev–Trinajstić information content (AvgIpc) is 1.57.